The molecule has 0 fully saturated rings. The molecule has 2 aliphatic rings. The average Bonchev–Trinajstić information content (AvgIpc) is 3.37. The van der Waals surface area contributed by atoms with Gasteiger partial charge in [0.05, 0.1) is 21.7 Å². The Morgan fingerprint density at radius 2 is 1.97 bits per heavy atom. The Kier molecular flexibility index (Phi) is 5.26. The third-order valence-corrected chi connectivity index (χ3v) is 6.50. The van der Waals surface area contributed by atoms with E-state index in [1.807, 2.05) is 24.3 Å². The molecule has 11 heteroatoms. The number of halogens is 1. The van der Waals surface area contributed by atoms with Gasteiger partial charge in [-0.15, -0.1) is 0 Å². The smallest absolute Gasteiger partial charge is 0.264 e. The van der Waals surface area contributed by atoms with Gasteiger partial charge >= 0.3 is 0 Å². The highest BCUT2D eigenvalue weighted by Gasteiger charge is 2.36. The Morgan fingerprint density at radius 3 is 2.77 bits per heavy atom. The predicted molar refractivity (Wildman–Crippen MR) is 126 cm³/mol. The first-order valence-electron chi connectivity index (χ1n) is 9.16. The molecule has 8 nitrogen and oxygen atoms in total. The number of fused-ring (bicyclic) bond motifs is 2. The molecule has 0 bridgehead atoms. The number of rotatable bonds is 4. The van der Waals surface area contributed by atoms with Gasteiger partial charge in [0.25, 0.3) is 5.91 Å². The van der Waals surface area contributed by atoms with Gasteiger partial charge in [0.15, 0.2) is 16.1 Å². The van der Waals surface area contributed by atoms with Crippen molar-refractivity contribution in [2.24, 2.45) is 21.0 Å². The molecule has 5 rings (SSSR count). The Hall–Kier alpha value is -3.08. The maximum absolute atomic E-state index is 12.4. The molecule has 1 N–H and O–H groups in total. The van der Waals surface area contributed by atoms with E-state index in [-0.39, 0.29) is 22.7 Å². The Morgan fingerprint density at radius 1 is 1.16 bits per heavy atom. The Labute approximate surface area is 189 Å². The standard InChI is InChI=1S/C20H13ClN6O2S2/c21-11-5-7-12(8-6-11)27-17-13(9-22-27)18(29)26-19(25-17)30-10-16(28)24-20-23-14-3-1-2-4-15(14)31-20/h1-9,13H,10H2,(H,23,24,28). The maximum Gasteiger partial charge on any atom is 0.264 e. The van der Waals surface area contributed by atoms with Crippen LogP contribution in [0, 0.1) is 5.92 Å². The number of carbonyl (C=O) groups is 2. The lowest BCUT2D eigenvalue weighted by Crippen LogP contribution is -2.34. The Bertz CT molecular complexity index is 1250. The van der Waals surface area contributed by atoms with Crippen LogP contribution in [0.25, 0.3) is 10.2 Å². The molecule has 2 amide bonds. The summed E-state index contributed by atoms with van der Waals surface area (Å²) in [6.45, 7) is 0. The third kappa shape index (κ3) is 4.09. The zero-order valence-corrected chi connectivity index (χ0v) is 18.1. The van der Waals surface area contributed by atoms with Gasteiger partial charge in [0.2, 0.25) is 5.91 Å². The summed E-state index contributed by atoms with van der Waals surface area (Å²) in [5.74, 6) is -0.739. The average molecular weight is 469 g/mol. The molecule has 1 atom stereocenters. The van der Waals surface area contributed by atoms with Crippen molar-refractivity contribution in [1.29, 1.82) is 0 Å². The number of amides is 2. The summed E-state index contributed by atoms with van der Waals surface area (Å²) in [4.78, 5) is 37.6. The molecule has 0 aliphatic carbocycles. The molecule has 2 aromatic carbocycles. The molecule has 1 unspecified atom stereocenters. The lowest BCUT2D eigenvalue weighted by atomic mass is 10.1. The van der Waals surface area contributed by atoms with Crippen LogP contribution in [0.2, 0.25) is 5.02 Å². The summed E-state index contributed by atoms with van der Waals surface area (Å²) in [6, 6.07) is 14.7. The first kappa shape index (κ1) is 19.9. The fourth-order valence-corrected chi connectivity index (χ4v) is 4.68. The fraction of sp³-hybridized carbons (Fsp3) is 0.100. The number of carbonyl (C=O) groups excluding carboxylic acids is 2. The van der Waals surface area contributed by atoms with E-state index in [1.54, 1.807) is 29.3 Å². The summed E-state index contributed by atoms with van der Waals surface area (Å²) >= 11 is 8.44. The van der Waals surface area contributed by atoms with Crippen LogP contribution < -0.4 is 10.3 Å². The number of anilines is 2. The zero-order valence-electron chi connectivity index (χ0n) is 15.7. The highest BCUT2D eigenvalue weighted by atomic mass is 35.5. The fourth-order valence-electron chi connectivity index (χ4n) is 3.03. The molecule has 0 saturated heterocycles. The predicted octanol–water partition coefficient (Wildman–Crippen LogP) is 4.04. The molecule has 0 saturated carbocycles. The van der Waals surface area contributed by atoms with E-state index in [0.29, 0.717) is 16.0 Å². The van der Waals surface area contributed by atoms with E-state index in [2.05, 4.69) is 25.4 Å². The first-order valence-corrected chi connectivity index (χ1v) is 11.3. The molecule has 3 aromatic rings. The number of hydrogen-bond donors (Lipinski definition) is 1. The number of aromatic nitrogens is 1. The summed E-state index contributed by atoms with van der Waals surface area (Å²) in [5.41, 5.74) is 1.56. The van der Waals surface area contributed by atoms with E-state index < -0.39 is 5.92 Å². The van der Waals surface area contributed by atoms with Crippen molar-refractivity contribution in [2.45, 2.75) is 0 Å². The van der Waals surface area contributed by atoms with Crippen LogP contribution in [0.3, 0.4) is 0 Å². The number of thioether (sulfide) groups is 1. The number of nitrogens with zero attached hydrogens (tertiary/aromatic N) is 5. The van der Waals surface area contributed by atoms with E-state index in [9.17, 15) is 9.59 Å². The monoisotopic (exact) mass is 468 g/mol. The third-order valence-electron chi connectivity index (χ3n) is 4.45. The van der Waals surface area contributed by atoms with Crippen molar-refractivity contribution < 1.29 is 9.59 Å². The van der Waals surface area contributed by atoms with E-state index >= 15 is 0 Å². The van der Waals surface area contributed by atoms with Crippen molar-refractivity contribution in [3.63, 3.8) is 0 Å². The van der Waals surface area contributed by atoms with Crippen LogP contribution in [-0.2, 0) is 9.59 Å². The normalized spacial score (nSPS) is 17.5. The van der Waals surface area contributed by atoms with Gasteiger partial charge in [-0.2, -0.15) is 10.1 Å². The van der Waals surface area contributed by atoms with Crippen LogP contribution in [-0.4, -0.2) is 39.8 Å². The van der Waals surface area contributed by atoms with Crippen LogP contribution in [0.1, 0.15) is 0 Å². The SMILES string of the molecule is O=C(CSC1=NC(=O)C2C=NN(c3ccc(Cl)cc3)C2=N1)Nc1nc2ccccc2s1. The number of amidine groups is 2. The van der Waals surface area contributed by atoms with Gasteiger partial charge in [-0.3, -0.25) is 9.59 Å². The van der Waals surface area contributed by atoms with Gasteiger partial charge in [-0.25, -0.2) is 15.0 Å². The maximum atomic E-state index is 12.4. The van der Waals surface area contributed by atoms with Crippen molar-refractivity contribution in [1.82, 2.24) is 4.98 Å². The number of benzene rings is 2. The van der Waals surface area contributed by atoms with Crippen LogP contribution in [0.5, 0.6) is 0 Å². The summed E-state index contributed by atoms with van der Waals surface area (Å²) < 4.78 is 0.994. The second-order valence-corrected chi connectivity index (χ2v) is 8.97. The van der Waals surface area contributed by atoms with Crippen molar-refractivity contribution >= 4 is 84.8 Å². The van der Waals surface area contributed by atoms with E-state index in [0.717, 1.165) is 27.7 Å². The summed E-state index contributed by atoms with van der Waals surface area (Å²) in [5, 5.41) is 9.99. The Balaban J connectivity index is 1.27. The first-order chi connectivity index (χ1) is 15.1. The largest absolute Gasteiger partial charge is 0.301 e. The van der Waals surface area contributed by atoms with Crippen LogP contribution >= 0.6 is 34.7 Å². The molecular formula is C20H13ClN6O2S2. The molecule has 31 heavy (non-hydrogen) atoms. The molecule has 3 heterocycles. The number of hydrogen-bond acceptors (Lipinski definition) is 8. The van der Waals surface area contributed by atoms with E-state index in [1.165, 1.54) is 17.6 Å². The number of para-hydroxylation sites is 1. The number of hydrazone groups is 1. The highest BCUT2D eigenvalue weighted by Crippen LogP contribution is 2.28. The number of aliphatic imine (C=N–C) groups is 2. The quantitative estimate of drug-likeness (QED) is 0.623. The lowest BCUT2D eigenvalue weighted by Gasteiger charge is -2.20. The molecular weight excluding hydrogens is 456 g/mol. The summed E-state index contributed by atoms with van der Waals surface area (Å²) in [7, 11) is 0. The minimum absolute atomic E-state index is 0.0469. The van der Waals surface area contributed by atoms with Gasteiger partial charge in [-0.1, -0.05) is 46.8 Å². The van der Waals surface area contributed by atoms with Gasteiger partial charge in [0, 0.05) is 11.2 Å². The molecule has 0 radical (unpaired) electrons. The lowest BCUT2D eigenvalue weighted by molar-refractivity contribution is -0.118. The van der Waals surface area contributed by atoms with Gasteiger partial charge < -0.3 is 5.32 Å². The van der Waals surface area contributed by atoms with Crippen LogP contribution in [0.15, 0.2) is 63.6 Å². The minimum atomic E-state index is -0.628. The second kappa shape index (κ2) is 8.22. The van der Waals surface area contributed by atoms with E-state index in [4.69, 9.17) is 11.6 Å². The molecule has 1 aromatic heterocycles. The topological polar surface area (TPSA) is 99.4 Å². The molecule has 154 valence electrons. The minimum Gasteiger partial charge on any atom is -0.301 e. The van der Waals surface area contributed by atoms with Crippen molar-refractivity contribution in [2.75, 3.05) is 16.1 Å². The van der Waals surface area contributed by atoms with Crippen molar-refractivity contribution in [3.8, 4) is 0 Å². The van der Waals surface area contributed by atoms with Crippen molar-refractivity contribution in [3.05, 3.63) is 53.6 Å². The van der Waals surface area contributed by atoms with Crippen LogP contribution in [0.4, 0.5) is 10.8 Å². The van der Waals surface area contributed by atoms with Gasteiger partial charge in [0.1, 0.15) is 5.92 Å². The number of thiazole rings is 1. The molecule has 0 spiro atoms. The highest BCUT2D eigenvalue weighted by molar-refractivity contribution is 8.14. The van der Waals surface area contributed by atoms with Gasteiger partial charge in [-0.05, 0) is 36.4 Å². The second-order valence-electron chi connectivity index (χ2n) is 6.56. The molecule has 2 aliphatic heterocycles. The number of nitrogens with one attached hydrogen (secondary N) is 1. The summed E-state index contributed by atoms with van der Waals surface area (Å²) in [6.07, 6.45) is 1.51. The zero-order chi connectivity index (χ0) is 21.4.